The molecule has 132 valence electrons. The van der Waals surface area contributed by atoms with Crippen LogP contribution in [0.2, 0.25) is 0 Å². The number of hydrogen-bond donors (Lipinski definition) is 2. The molecular formula is C15H27N3O4S. The van der Waals surface area contributed by atoms with Crippen molar-refractivity contribution in [3.63, 3.8) is 0 Å². The lowest BCUT2D eigenvalue weighted by Gasteiger charge is -2.14. The number of amides is 3. The molecule has 0 aromatic heterocycles. The summed E-state index contributed by atoms with van der Waals surface area (Å²) in [6.07, 6.45) is 3.15. The Hall–Kier alpha value is -1.12. The average Bonchev–Trinajstić information content (AvgIpc) is 2.82. The molecule has 0 bridgehead atoms. The minimum Gasteiger partial charge on any atom is -0.382 e. The van der Waals surface area contributed by atoms with Gasteiger partial charge in [0.15, 0.2) is 0 Å². The molecule has 0 spiro atoms. The number of ether oxygens (including phenoxy) is 1. The van der Waals surface area contributed by atoms with Crippen LogP contribution in [0, 0.1) is 0 Å². The molecule has 1 atom stereocenters. The quantitative estimate of drug-likeness (QED) is 0.382. The SMILES string of the molecule is CCOCCCNCCNC(=O)CCN1C(=O)CC(SC)C1=O. The highest BCUT2D eigenvalue weighted by molar-refractivity contribution is 8.00. The van der Waals surface area contributed by atoms with Crippen LogP contribution >= 0.6 is 11.8 Å². The van der Waals surface area contributed by atoms with Gasteiger partial charge in [-0.2, -0.15) is 11.8 Å². The number of likely N-dealkylation sites (tertiary alicyclic amines) is 1. The first-order chi connectivity index (χ1) is 11.1. The molecule has 7 nitrogen and oxygen atoms in total. The normalized spacial score (nSPS) is 17.8. The van der Waals surface area contributed by atoms with Crippen LogP contribution in [0.5, 0.6) is 0 Å². The molecule has 0 aliphatic carbocycles. The number of nitrogens with zero attached hydrogens (tertiary/aromatic N) is 1. The van der Waals surface area contributed by atoms with Crippen molar-refractivity contribution in [1.29, 1.82) is 0 Å². The highest BCUT2D eigenvalue weighted by atomic mass is 32.2. The van der Waals surface area contributed by atoms with E-state index in [2.05, 4.69) is 10.6 Å². The number of hydrogen-bond acceptors (Lipinski definition) is 6. The first kappa shape index (κ1) is 19.9. The first-order valence-electron chi connectivity index (χ1n) is 8.02. The van der Waals surface area contributed by atoms with E-state index in [0.717, 1.165) is 26.2 Å². The maximum Gasteiger partial charge on any atom is 0.242 e. The lowest BCUT2D eigenvalue weighted by molar-refractivity contribution is -0.138. The number of carbonyl (C=O) groups is 3. The number of thioether (sulfide) groups is 1. The third-order valence-corrected chi connectivity index (χ3v) is 4.46. The zero-order valence-corrected chi connectivity index (χ0v) is 14.7. The summed E-state index contributed by atoms with van der Waals surface area (Å²) in [4.78, 5) is 36.5. The molecule has 23 heavy (non-hydrogen) atoms. The Morgan fingerprint density at radius 3 is 2.78 bits per heavy atom. The molecule has 0 saturated carbocycles. The molecule has 8 heteroatoms. The molecule has 0 aromatic rings. The Kier molecular flexibility index (Phi) is 9.89. The molecule has 0 aromatic carbocycles. The Balaban J connectivity index is 2.06. The number of carbonyl (C=O) groups excluding carboxylic acids is 3. The van der Waals surface area contributed by atoms with Gasteiger partial charge in [-0.15, -0.1) is 0 Å². The fourth-order valence-electron chi connectivity index (χ4n) is 2.23. The van der Waals surface area contributed by atoms with E-state index in [0.29, 0.717) is 13.1 Å². The van der Waals surface area contributed by atoms with Gasteiger partial charge in [-0.3, -0.25) is 19.3 Å². The minimum atomic E-state index is -0.286. The molecule has 1 fully saturated rings. The van der Waals surface area contributed by atoms with Crippen LogP contribution in [0.15, 0.2) is 0 Å². The van der Waals surface area contributed by atoms with Gasteiger partial charge in [-0.05, 0) is 26.1 Å². The second-order valence-electron chi connectivity index (χ2n) is 5.21. The Bertz CT molecular complexity index is 406. The minimum absolute atomic E-state index is 0.144. The fraction of sp³-hybridized carbons (Fsp3) is 0.800. The zero-order chi connectivity index (χ0) is 17.1. The molecule has 3 amide bonds. The standard InChI is InChI=1S/C15H27N3O4S/c1-3-22-10-4-6-16-7-8-17-13(19)5-9-18-14(20)11-12(23-2)15(18)21/h12,16H,3-11H2,1-2H3,(H,17,19). The van der Waals surface area contributed by atoms with Gasteiger partial charge >= 0.3 is 0 Å². The van der Waals surface area contributed by atoms with Crippen molar-refractivity contribution in [2.45, 2.75) is 31.4 Å². The van der Waals surface area contributed by atoms with Gasteiger partial charge in [0.25, 0.3) is 0 Å². The summed E-state index contributed by atoms with van der Waals surface area (Å²) >= 11 is 1.38. The number of imide groups is 1. The third-order valence-electron chi connectivity index (χ3n) is 3.52. The molecular weight excluding hydrogens is 318 g/mol. The van der Waals surface area contributed by atoms with Crippen LogP contribution in [0.3, 0.4) is 0 Å². The van der Waals surface area contributed by atoms with E-state index in [1.54, 1.807) is 0 Å². The monoisotopic (exact) mass is 345 g/mol. The maximum atomic E-state index is 11.9. The van der Waals surface area contributed by atoms with Crippen molar-refractivity contribution in [2.24, 2.45) is 0 Å². The van der Waals surface area contributed by atoms with Gasteiger partial charge in [-0.1, -0.05) is 0 Å². The molecule has 1 rings (SSSR count). The van der Waals surface area contributed by atoms with Crippen molar-refractivity contribution >= 4 is 29.5 Å². The molecule has 1 aliphatic heterocycles. The molecule has 1 saturated heterocycles. The molecule has 1 aliphatic rings. The van der Waals surface area contributed by atoms with Gasteiger partial charge < -0.3 is 15.4 Å². The van der Waals surface area contributed by atoms with E-state index >= 15 is 0 Å². The van der Waals surface area contributed by atoms with Gasteiger partial charge in [0, 0.05) is 45.7 Å². The van der Waals surface area contributed by atoms with Crippen LogP contribution in [-0.2, 0) is 19.1 Å². The van der Waals surface area contributed by atoms with Crippen molar-refractivity contribution in [1.82, 2.24) is 15.5 Å². The van der Waals surface area contributed by atoms with Gasteiger partial charge in [0.05, 0.1) is 5.25 Å². The summed E-state index contributed by atoms with van der Waals surface area (Å²) in [5, 5.41) is 5.70. The molecule has 0 radical (unpaired) electrons. The summed E-state index contributed by atoms with van der Waals surface area (Å²) in [6, 6.07) is 0. The highest BCUT2D eigenvalue weighted by Crippen LogP contribution is 2.22. The average molecular weight is 345 g/mol. The van der Waals surface area contributed by atoms with Crippen LogP contribution < -0.4 is 10.6 Å². The Labute approximate surface area is 141 Å². The van der Waals surface area contributed by atoms with E-state index in [-0.39, 0.29) is 42.4 Å². The van der Waals surface area contributed by atoms with E-state index in [1.807, 2.05) is 13.2 Å². The van der Waals surface area contributed by atoms with E-state index in [4.69, 9.17) is 4.74 Å². The fourth-order valence-corrected chi connectivity index (χ4v) is 2.87. The van der Waals surface area contributed by atoms with Crippen LogP contribution in [-0.4, -0.2) is 73.5 Å². The molecule has 1 heterocycles. The second-order valence-corrected chi connectivity index (χ2v) is 6.25. The second kappa shape index (κ2) is 11.4. The van der Waals surface area contributed by atoms with Crippen molar-refractivity contribution in [3.05, 3.63) is 0 Å². The van der Waals surface area contributed by atoms with Crippen molar-refractivity contribution in [3.8, 4) is 0 Å². The first-order valence-corrected chi connectivity index (χ1v) is 9.31. The topological polar surface area (TPSA) is 87.7 Å². The van der Waals surface area contributed by atoms with Crippen LogP contribution in [0.25, 0.3) is 0 Å². The van der Waals surface area contributed by atoms with Gasteiger partial charge in [-0.25, -0.2) is 0 Å². The van der Waals surface area contributed by atoms with Crippen molar-refractivity contribution in [2.75, 3.05) is 45.6 Å². The van der Waals surface area contributed by atoms with E-state index in [1.165, 1.54) is 16.7 Å². The van der Waals surface area contributed by atoms with Crippen molar-refractivity contribution < 1.29 is 19.1 Å². The lowest BCUT2D eigenvalue weighted by atomic mass is 10.3. The highest BCUT2D eigenvalue weighted by Gasteiger charge is 2.37. The maximum absolute atomic E-state index is 11.9. The molecule has 1 unspecified atom stereocenters. The van der Waals surface area contributed by atoms with Crippen LogP contribution in [0.4, 0.5) is 0 Å². The number of nitrogens with one attached hydrogen (secondary N) is 2. The third kappa shape index (κ3) is 7.32. The van der Waals surface area contributed by atoms with Gasteiger partial charge in [0.2, 0.25) is 17.7 Å². The summed E-state index contributed by atoms with van der Waals surface area (Å²) in [5.41, 5.74) is 0. The largest absolute Gasteiger partial charge is 0.382 e. The summed E-state index contributed by atoms with van der Waals surface area (Å²) in [6.45, 7) is 5.68. The summed E-state index contributed by atoms with van der Waals surface area (Å²) in [5.74, 6) is -0.501. The summed E-state index contributed by atoms with van der Waals surface area (Å²) in [7, 11) is 0. The Morgan fingerprint density at radius 1 is 1.35 bits per heavy atom. The Morgan fingerprint density at radius 2 is 2.13 bits per heavy atom. The predicted molar refractivity (Wildman–Crippen MR) is 90.2 cm³/mol. The van der Waals surface area contributed by atoms with Crippen LogP contribution in [0.1, 0.15) is 26.2 Å². The van der Waals surface area contributed by atoms with E-state index in [9.17, 15) is 14.4 Å². The molecule has 2 N–H and O–H groups in total. The number of rotatable bonds is 12. The predicted octanol–water partition coefficient (Wildman–Crippen LogP) is -0.000600. The van der Waals surface area contributed by atoms with Gasteiger partial charge in [0.1, 0.15) is 0 Å². The van der Waals surface area contributed by atoms with E-state index < -0.39 is 0 Å². The summed E-state index contributed by atoms with van der Waals surface area (Å²) < 4.78 is 5.22. The zero-order valence-electron chi connectivity index (χ0n) is 13.9. The lowest BCUT2D eigenvalue weighted by Crippen LogP contribution is -2.37. The smallest absolute Gasteiger partial charge is 0.242 e.